The normalized spacial score (nSPS) is 19.3. The molecule has 10 heteroatoms. The Labute approximate surface area is 246 Å². The fourth-order valence-corrected chi connectivity index (χ4v) is 6.33. The highest BCUT2D eigenvalue weighted by Crippen LogP contribution is 2.50. The minimum atomic E-state index is -0.371. The van der Waals surface area contributed by atoms with Crippen molar-refractivity contribution in [3.63, 3.8) is 0 Å². The van der Waals surface area contributed by atoms with Gasteiger partial charge in [-0.3, -0.25) is 9.52 Å². The van der Waals surface area contributed by atoms with Crippen LogP contribution < -0.4 is 19.7 Å². The van der Waals surface area contributed by atoms with E-state index in [9.17, 15) is 4.79 Å². The molecule has 2 aliphatic carbocycles. The molecule has 3 aromatic rings. The average molecular weight is 574 g/mol. The minimum absolute atomic E-state index is 0.242. The molecule has 2 fully saturated rings. The van der Waals surface area contributed by atoms with Gasteiger partial charge in [-0.15, -0.1) is 5.10 Å². The highest BCUT2D eigenvalue weighted by Gasteiger charge is 2.41. The molecule has 6 rings (SSSR count). The Morgan fingerprint density at radius 3 is 2.66 bits per heavy atom. The lowest BCUT2D eigenvalue weighted by atomic mass is 9.93. The van der Waals surface area contributed by atoms with Crippen molar-refractivity contribution in [1.29, 1.82) is 0 Å². The van der Waals surface area contributed by atoms with Gasteiger partial charge in [-0.1, -0.05) is 18.2 Å². The Hall–Kier alpha value is -3.53. The van der Waals surface area contributed by atoms with E-state index in [2.05, 4.69) is 45.4 Å². The number of carbonyl (C=O) groups excluding carboxylic acids is 1. The molecule has 2 saturated carbocycles. The first-order valence-electron chi connectivity index (χ1n) is 14.6. The number of nitrogens with zero attached hydrogens (tertiary/aromatic N) is 5. The summed E-state index contributed by atoms with van der Waals surface area (Å²) < 4.78 is 10.7. The van der Waals surface area contributed by atoms with Gasteiger partial charge in [0.15, 0.2) is 5.82 Å². The van der Waals surface area contributed by atoms with E-state index in [0.717, 1.165) is 35.6 Å². The third-order valence-electron chi connectivity index (χ3n) is 8.46. The summed E-state index contributed by atoms with van der Waals surface area (Å²) >= 11 is 1.18. The molecule has 2 N–H and O–H groups in total. The average Bonchev–Trinajstić information content (AvgIpc) is 3.91. The number of amides is 1. The van der Waals surface area contributed by atoms with E-state index in [0.29, 0.717) is 47.7 Å². The quantitative estimate of drug-likeness (QED) is 0.267. The van der Waals surface area contributed by atoms with E-state index in [1.54, 1.807) is 4.68 Å². The molecular weight excluding hydrogens is 534 g/mol. The molecule has 9 nitrogen and oxygen atoms in total. The Kier molecular flexibility index (Phi) is 7.68. The maximum Gasteiger partial charge on any atom is 0.265 e. The number of ether oxygens (including phenoxy) is 1. The molecule has 0 aromatic carbocycles. The fourth-order valence-electron chi connectivity index (χ4n) is 5.73. The molecule has 1 aliphatic heterocycles. The molecule has 0 unspecified atom stereocenters. The molecule has 41 heavy (non-hydrogen) atoms. The smallest absolute Gasteiger partial charge is 0.265 e. The Balaban J connectivity index is 1.23. The van der Waals surface area contributed by atoms with E-state index in [1.165, 1.54) is 37.6 Å². The first-order chi connectivity index (χ1) is 19.8. The molecule has 0 saturated heterocycles. The lowest BCUT2D eigenvalue weighted by Gasteiger charge is -2.38. The van der Waals surface area contributed by atoms with Crippen LogP contribution in [0.1, 0.15) is 62.7 Å². The van der Waals surface area contributed by atoms with Crippen LogP contribution in [0.5, 0.6) is 5.88 Å². The van der Waals surface area contributed by atoms with Crippen LogP contribution in [-0.2, 0) is 0 Å². The molecule has 0 atom stereocenters. The second kappa shape index (κ2) is 11.4. The van der Waals surface area contributed by atoms with Gasteiger partial charge >= 0.3 is 0 Å². The van der Waals surface area contributed by atoms with E-state index < -0.39 is 0 Å². The maximum atomic E-state index is 13.4. The van der Waals surface area contributed by atoms with Crippen molar-refractivity contribution in [2.24, 2.45) is 17.8 Å². The summed E-state index contributed by atoms with van der Waals surface area (Å²) in [6, 6.07) is 11.2. The first kappa shape index (κ1) is 27.6. The van der Waals surface area contributed by atoms with Gasteiger partial charge in [0.05, 0.1) is 12.2 Å². The highest BCUT2D eigenvalue weighted by atomic mass is 32.2. The molecular formula is C31H39N7O2S. The van der Waals surface area contributed by atoms with E-state index in [1.807, 2.05) is 49.6 Å². The van der Waals surface area contributed by atoms with Crippen LogP contribution >= 0.6 is 11.9 Å². The predicted molar refractivity (Wildman–Crippen MR) is 163 cm³/mol. The molecule has 3 aliphatic rings. The van der Waals surface area contributed by atoms with Crippen LogP contribution in [0.2, 0.25) is 0 Å². The molecule has 0 spiro atoms. The van der Waals surface area contributed by atoms with Crippen molar-refractivity contribution in [2.45, 2.75) is 62.9 Å². The lowest BCUT2D eigenvalue weighted by Crippen LogP contribution is -2.43. The maximum absolute atomic E-state index is 13.4. The summed E-state index contributed by atoms with van der Waals surface area (Å²) in [4.78, 5) is 25.0. The van der Waals surface area contributed by atoms with Gasteiger partial charge in [-0.25, -0.2) is 14.6 Å². The van der Waals surface area contributed by atoms with Gasteiger partial charge in [-0.2, -0.15) is 0 Å². The monoisotopic (exact) mass is 573 g/mol. The topological polar surface area (TPSA) is 97.2 Å². The van der Waals surface area contributed by atoms with Gasteiger partial charge in [0.25, 0.3) is 5.91 Å². The van der Waals surface area contributed by atoms with Crippen molar-refractivity contribution >= 4 is 29.5 Å². The van der Waals surface area contributed by atoms with Crippen LogP contribution in [0.25, 0.3) is 5.82 Å². The van der Waals surface area contributed by atoms with Gasteiger partial charge in [0.2, 0.25) is 5.88 Å². The van der Waals surface area contributed by atoms with Crippen molar-refractivity contribution in [2.75, 3.05) is 30.4 Å². The Bertz CT molecular complexity index is 1420. The summed E-state index contributed by atoms with van der Waals surface area (Å²) in [6.07, 6.45) is 9.20. The molecule has 4 heterocycles. The summed E-state index contributed by atoms with van der Waals surface area (Å²) in [7, 11) is 1.97. The summed E-state index contributed by atoms with van der Waals surface area (Å²) in [6.45, 7) is 9.85. The van der Waals surface area contributed by atoms with Crippen LogP contribution in [0.3, 0.4) is 0 Å². The zero-order valence-electron chi connectivity index (χ0n) is 24.1. The number of pyridine rings is 2. The lowest BCUT2D eigenvalue weighted by molar-refractivity contribution is 0.0984. The van der Waals surface area contributed by atoms with Crippen molar-refractivity contribution in [1.82, 2.24) is 24.5 Å². The summed E-state index contributed by atoms with van der Waals surface area (Å²) in [5.41, 5.74) is 1.13. The Morgan fingerprint density at radius 1 is 1.12 bits per heavy atom. The zero-order chi connectivity index (χ0) is 28.6. The summed E-state index contributed by atoms with van der Waals surface area (Å²) in [5, 5.41) is 8.70. The Morgan fingerprint density at radius 2 is 1.90 bits per heavy atom. The van der Waals surface area contributed by atoms with Crippen molar-refractivity contribution in [3.05, 3.63) is 60.3 Å². The fraction of sp³-hybridized carbons (Fsp3) is 0.484. The third kappa shape index (κ3) is 6.53. The number of anilines is 2. The van der Waals surface area contributed by atoms with Crippen LogP contribution in [0, 0.1) is 17.8 Å². The van der Waals surface area contributed by atoms with Gasteiger partial charge in [0.1, 0.15) is 16.7 Å². The largest absolute Gasteiger partial charge is 0.477 e. The van der Waals surface area contributed by atoms with Crippen molar-refractivity contribution < 1.29 is 9.53 Å². The number of nitrogens with one attached hydrogen (secondary N) is 2. The summed E-state index contributed by atoms with van der Waals surface area (Å²) in [5.74, 6) is 4.93. The standard InChI is InChI=1S/C31H39N7O2S/c1-20-18-31(2,3)37(4)29-24(30(39)36-41-28-7-5-6-25(33-28)32-19-20)12-13-26(34-29)38-16-14-27(35-38)40-17-15-23(21-8-9-21)22-10-11-22/h5-7,12-14,16,21-23H,1,8-11,15,17-19H2,2-4H3,(H,32,33)(H,36,39). The van der Waals surface area contributed by atoms with Crippen LogP contribution in [0.4, 0.5) is 11.6 Å². The van der Waals surface area contributed by atoms with E-state index in [-0.39, 0.29) is 11.4 Å². The second-order valence-electron chi connectivity index (χ2n) is 12.2. The number of aromatic nitrogens is 4. The number of hydrogen-bond donors (Lipinski definition) is 2. The molecule has 0 radical (unpaired) electrons. The number of carbonyl (C=O) groups is 1. The van der Waals surface area contributed by atoms with Crippen LogP contribution in [0.15, 0.2) is 59.8 Å². The van der Waals surface area contributed by atoms with E-state index >= 15 is 0 Å². The highest BCUT2D eigenvalue weighted by molar-refractivity contribution is 7.97. The van der Waals surface area contributed by atoms with Crippen molar-refractivity contribution in [3.8, 4) is 11.7 Å². The number of fused-ring (bicyclic) bond motifs is 3. The second-order valence-corrected chi connectivity index (χ2v) is 13.0. The number of hydrogen-bond acceptors (Lipinski definition) is 8. The van der Waals surface area contributed by atoms with Gasteiger partial charge < -0.3 is 15.0 Å². The van der Waals surface area contributed by atoms with E-state index in [4.69, 9.17) is 9.72 Å². The zero-order valence-corrected chi connectivity index (χ0v) is 24.9. The van der Waals surface area contributed by atoms with Gasteiger partial charge in [-0.05, 0) is 94.4 Å². The van der Waals surface area contributed by atoms with Gasteiger partial charge in [0, 0.05) is 43.3 Å². The number of rotatable bonds is 7. The molecule has 2 bridgehead atoms. The SMILES string of the molecule is C=C1CNc2cccc(n2)SNC(=O)c2ccc(-n3ccc(OCCC(C4CC4)C4CC4)n3)nc2N(C)C(C)(C)C1. The predicted octanol–water partition coefficient (Wildman–Crippen LogP) is 5.89. The third-order valence-corrected chi connectivity index (χ3v) is 9.18. The molecule has 1 amide bonds. The van der Waals surface area contributed by atoms with Crippen LogP contribution in [-0.4, -0.2) is 51.4 Å². The first-order valence-corrected chi connectivity index (χ1v) is 15.4. The molecule has 3 aromatic heterocycles. The molecule has 216 valence electrons. The minimum Gasteiger partial charge on any atom is -0.477 e.